The number of hydrogen-bond donors (Lipinski definition) is 0. The quantitative estimate of drug-likeness (QED) is 0.659. The van der Waals surface area contributed by atoms with E-state index in [4.69, 9.17) is 16.1 Å². The van der Waals surface area contributed by atoms with Crippen molar-refractivity contribution in [1.29, 1.82) is 0 Å². The standard InChI is InChI=1S/C13H11BrClN5O/c1-8(14)11-6-20(19-17-11)7-12-16-13(18-21-12)9-2-4-10(15)5-3-9/h2-6,8H,7H2,1H3. The zero-order valence-corrected chi connectivity index (χ0v) is 13.4. The maximum absolute atomic E-state index is 5.85. The minimum atomic E-state index is 0.151. The molecule has 108 valence electrons. The Kier molecular flexibility index (Phi) is 4.03. The Morgan fingerprint density at radius 1 is 1.33 bits per heavy atom. The van der Waals surface area contributed by atoms with Crippen LogP contribution in [0.2, 0.25) is 5.02 Å². The normalized spacial score (nSPS) is 12.5. The molecule has 0 aliphatic heterocycles. The van der Waals surface area contributed by atoms with Crippen LogP contribution in [0.3, 0.4) is 0 Å². The molecule has 0 N–H and O–H groups in total. The molecule has 0 aliphatic carbocycles. The minimum Gasteiger partial charge on any atom is -0.337 e. The van der Waals surface area contributed by atoms with Crippen LogP contribution >= 0.6 is 27.5 Å². The molecule has 0 aliphatic rings. The van der Waals surface area contributed by atoms with Gasteiger partial charge in [-0.05, 0) is 31.2 Å². The fraction of sp³-hybridized carbons (Fsp3) is 0.231. The third kappa shape index (κ3) is 3.30. The summed E-state index contributed by atoms with van der Waals surface area (Å²) in [5.74, 6) is 0.995. The second kappa shape index (κ2) is 5.95. The van der Waals surface area contributed by atoms with Crippen LogP contribution in [0.4, 0.5) is 0 Å². The highest BCUT2D eigenvalue weighted by atomic mass is 79.9. The predicted molar refractivity (Wildman–Crippen MR) is 81.2 cm³/mol. The van der Waals surface area contributed by atoms with Crippen molar-refractivity contribution in [2.24, 2.45) is 0 Å². The SMILES string of the molecule is CC(Br)c1cn(Cc2nc(-c3ccc(Cl)cc3)no2)nn1. The van der Waals surface area contributed by atoms with E-state index in [1.165, 1.54) is 0 Å². The van der Waals surface area contributed by atoms with Crippen LogP contribution in [0, 0.1) is 0 Å². The summed E-state index contributed by atoms with van der Waals surface area (Å²) in [5.41, 5.74) is 1.70. The van der Waals surface area contributed by atoms with E-state index in [0.29, 0.717) is 23.3 Å². The fourth-order valence-electron chi connectivity index (χ4n) is 1.75. The Hall–Kier alpha value is -1.73. The van der Waals surface area contributed by atoms with Gasteiger partial charge in [-0.3, -0.25) is 0 Å². The van der Waals surface area contributed by atoms with Gasteiger partial charge < -0.3 is 4.52 Å². The molecule has 0 amide bonds. The molecule has 8 heteroatoms. The van der Waals surface area contributed by atoms with E-state index in [1.54, 1.807) is 16.8 Å². The van der Waals surface area contributed by atoms with Crippen molar-refractivity contribution in [3.05, 3.63) is 47.1 Å². The lowest BCUT2D eigenvalue weighted by Gasteiger charge is -1.95. The van der Waals surface area contributed by atoms with E-state index in [-0.39, 0.29) is 4.83 Å². The largest absolute Gasteiger partial charge is 0.337 e. The highest BCUT2D eigenvalue weighted by Crippen LogP contribution is 2.20. The van der Waals surface area contributed by atoms with Gasteiger partial charge in [-0.2, -0.15) is 4.98 Å². The van der Waals surface area contributed by atoms with Gasteiger partial charge in [0.25, 0.3) is 0 Å². The summed E-state index contributed by atoms with van der Waals surface area (Å²) in [6.07, 6.45) is 1.84. The molecular weight excluding hydrogens is 358 g/mol. The first-order valence-corrected chi connectivity index (χ1v) is 7.54. The maximum atomic E-state index is 5.85. The van der Waals surface area contributed by atoms with E-state index in [9.17, 15) is 0 Å². The Bertz CT molecular complexity index is 737. The van der Waals surface area contributed by atoms with Crippen LogP contribution in [-0.2, 0) is 6.54 Å². The second-order valence-electron chi connectivity index (χ2n) is 4.48. The first-order chi connectivity index (χ1) is 10.1. The molecule has 0 bridgehead atoms. The summed E-state index contributed by atoms with van der Waals surface area (Å²) >= 11 is 9.30. The van der Waals surface area contributed by atoms with Gasteiger partial charge in [0.15, 0.2) is 0 Å². The van der Waals surface area contributed by atoms with Crippen LogP contribution in [0.25, 0.3) is 11.4 Å². The third-order valence-corrected chi connectivity index (χ3v) is 3.55. The van der Waals surface area contributed by atoms with Crippen molar-refractivity contribution in [1.82, 2.24) is 25.1 Å². The molecule has 3 aromatic rings. The Balaban J connectivity index is 1.76. The molecule has 0 fully saturated rings. The monoisotopic (exact) mass is 367 g/mol. The van der Waals surface area contributed by atoms with Gasteiger partial charge in [0.1, 0.15) is 6.54 Å². The minimum absolute atomic E-state index is 0.151. The summed E-state index contributed by atoms with van der Waals surface area (Å²) in [6.45, 7) is 2.37. The highest BCUT2D eigenvalue weighted by Gasteiger charge is 2.11. The van der Waals surface area contributed by atoms with E-state index in [1.807, 2.05) is 25.3 Å². The van der Waals surface area contributed by atoms with Gasteiger partial charge in [-0.15, -0.1) is 5.10 Å². The molecule has 0 radical (unpaired) electrons. The number of benzene rings is 1. The third-order valence-electron chi connectivity index (χ3n) is 2.83. The first kappa shape index (κ1) is 14.2. The van der Waals surface area contributed by atoms with Gasteiger partial charge in [-0.1, -0.05) is 37.9 Å². The van der Waals surface area contributed by atoms with Crippen LogP contribution in [0.1, 0.15) is 23.3 Å². The van der Waals surface area contributed by atoms with Crippen LogP contribution in [-0.4, -0.2) is 25.1 Å². The lowest BCUT2D eigenvalue weighted by atomic mass is 10.2. The molecule has 3 rings (SSSR count). The Labute approximate surface area is 134 Å². The molecular formula is C13H11BrClN5O. The lowest BCUT2D eigenvalue weighted by Crippen LogP contribution is -2.00. The summed E-state index contributed by atoms with van der Waals surface area (Å²) in [7, 11) is 0. The summed E-state index contributed by atoms with van der Waals surface area (Å²) in [5, 5.41) is 12.7. The average Bonchev–Trinajstić information content (AvgIpc) is 3.10. The van der Waals surface area contributed by atoms with Crippen LogP contribution in [0.5, 0.6) is 0 Å². The van der Waals surface area contributed by atoms with Crippen molar-refractivity contribution in [3.63, 3.8) is 0 Å². The van der Waals surface area contributed by atoms with Crippen molar-refractivity contribution in [2.75, 3.05) is 0 Å². The Morgan fingerprint density at radius 2 is 2.10 bits per heavy atom. The van der Waals surface area contributed by atoms with E-state index in [2.05, 4.69) is 36.4 Å². The number of aromatic nitrogens is 5. The zero-order valence-electron chi connectivity index (χ0n) is 11.1. The number of nitrogens with zero attached hydrogens (tertiary/aromatic N) is 5. The summed E-state index contributed by atoms with van der Waals surface area (Å²) < 4.78 is 6.89. The lowest BCUT2D eigenvalue weighted by molar-refractivity contribution is 0.364. The van der Waals surface area contributed by atoms with Gasteiger partial charge >= 0.3 is 0 Å². The molecule has 0 saturated carbocycles. The van der Waals surface area contributed by atoms with E-state index < -0.39 is 0 Å². The number of hydrogen-bond acceptors (Lipinski definition) is 5. The van der Waals surface area contributed by atoms with E-state index in [0.717, 1.165) is 11.3 Å². The van der Waals surface area contributed by atoms with Crippen molar-refractivity contribution in [3.8, 4) is 11.4 Å². The van der Waals surface area contributed by atoms with Crippen LogP contribution < -0.4 is 0 Å². The van der Waals surface area contributed by atoms with Crippen molar-refractivity contribution >= 4 is 27.5 Å². The fourth-order valence-corrected chi connectivity index (χ4v) is 2.08. The van der Waals surface area contributed by atoms with Gasteiger partial charge in [0.2, 0.25) is 11.7 Å². The van der Waals surface area contributed by atoms with Crippen molar-refractivity contribution in [2.45, 2.75) is 18.3 Å². The second-order valence-corrected chi connectivity index (χ2v) is 6.29. The predicted octanol–water partition coefficient (Wildman–Crippen LogP) is 3.49. The Morgan fingerprint density at radius 3 is 2.76 bits per heavy atom. The molecule has 0 saturated heterocycles. The first-order valence-electron chi connectivity index (χ1n) is 6.24. The maximum Gasteiger partial charge on any atom is 0.248 e. The molecule has 1 aromatic carbocycles. The molecule has 2 aromatic heterocycles. The summed E-state index contributed by atoms with van der Waals surface area (Å²) in [6, 6.07) is 7.26. The number of alkyl halides is 1. The average molecular weight is 369 g/mol. The number of halogens is 2. The van der Waals surface area contributed by atoms with Gasteiger partial charge in [0, 0.05) is 10.6 Å². The topological polar surface area (TPSA) is 69.6 Å². The van der Waals surface area contributed by atoms with Crippen molar-refractivity contribution < 1.29 is 4.52 Å². The van der Waals surface area contributed by atoms with E-state index >= 15 is 0 Å². The molecule has 0 spiro atoms. The molecule has 1 unspecified atom stereocenters. The summed E-state index contributed by atoms with van der Waals surface area (Å²) in [4.78, 5) is 4.49. The number of rotatable bonds is 4. The zero-order chi connectivity index (χ0) is 14.8. The van der Waals surface area contributed by atoms with Crippen LogP contribution in [0.15, 0.2) is 35.0 Å². The molecule has 1 atom stereocenters. The molecule has 21 heavy (non-hydrogen) atoms. The smallest absolute Gasteiger partial charge is 0.248 e. The molecule has 6 nitrogen and oxygen atoms in total. The molecule has 2 heterocycles. The van der Waals surface area contributed by atoms with Gasteiger partial charge in [-0.25, -0.2) is 4.68 Å². The highest BCUT2D eigenvalue weighted by molar-refractivity contribution is 9.09. The van der Waals surface area contributed by atoms with Gasteiger partial charge in [0.05, 0.1) is 16.7 Å².